The maximum absolute atomic E-state index is 15.3. The molecule has 0 radical (unpaired) electrons. The molecule has 4 heterocycles. The third-order valence-corrected chi connectivity index (χ3v) is 16.8. The van der Waals surface area contributed by atoms with E-state index in [0.717, 1.165) is 87.5 Å². The van der Waals surface area contributed by atoms with Gasteiger partial charge in [-0.2, -0.15) is 0 Å². The number of rotatable bonds is 36. The molecule has 0 unspecified atom stereocenters. The largest absolute Gasteiger partial charge is 0.465 e. The third-order valence-electron chi connectivity index (χ3n) is 16.8. The first-order chi connectivity index (χ1) is 51.5. The van der Waals surface area contributed by atoms with E-state index >= 15 is 4.79 Å². The van der Waals surface area contributed by atoms with Gasteiger partial charge in [0.05, 0.1) is 45.5 Å². The molecule has 2 amide bonds. The lowest BCUT2D eigenvalue weighted by Gasteiger charge is -2.53. The fourth-order valence-electron chi connectivity index (χ4n) is 12.6. The van der Waals surface area contributed by atoms with E-state index in [1.165, 1.54) is 0 Å². The zero-order valence-corrected chi connectivity index (χ0v) is 61.8. The summed E-state index contributed by atoms with van der Waals surface area (Å²) >= 11 is 0. The lowest BCUT2D eigenvalue weighted by atomic mass is 9.87. The van der Waals surface area contributed by atoms with Crippen molar-refractivity contribution in [2.75, 3.05) is 40.1 Å². The average Bonchev–Trinajstić information content (AvgIpc) is 0.765. The molecule has 7 rings (SSSR count). The van der Waals surface area contributed by atoms with Crippen LogP contribution >= 0.6 is 0 Å². The lowest BCUT2D eigenvalue weighted by molar-refractivity contribution is -0.393. The van der Waals surface area contributed by atoms with Crippen LogP contribution in [0.3, 0.4) is 0 Å². The van der Waals surface area contributed by atoms with Gasteiger partial charge in [0.25, 0.3) is 5.79 Å². The number of nitrogens with one attached hydrogen (secondary N) is 2. The minimum absolute atomic E-state index is 0.0152. The molecule has 4 aliphatic heterocycles. The third kappa shape index (κ3) is 25.4. The molecule has 3 aromatic rings. The fraction of sp³-hybridized carbons (Fsp3) is 0.597. The van der Waals surface area contributed by atoms with E-state index in [1.54, 1.807) is 19.1 Å². The number of methoxy groups -OCH3 is 1. The Labute approximate surface area is 622 Å². The summed E-state index contributed by atoms with van der Waals surface area (Å²) in [5, 5.41) is 9.00. The fourth-order valence-corrected chi connectivity index (χ4v) is 12.6. The van der Waals surface area contributed by atoms with Gasteiger partial charge in [-0.3, -0.25) is 47.9 Å². The second kappa shape index (κ2) is 41.9. The van der Waals surface area contributed by atoms with E-state index in [4.69, 9.17) is 94.7 Å². The van der Waals surface area contributed by atoms with Crippen molar-refractivity contribution in [3.63, 3.8) is 0 Å². The summed E-state index contributed by atoms with van der Waals surface area (Å²) in [6.07, 6.45) is -32.9. The second-order valence-electron chi connectivity index (χ2n) is 25.5. The molecule has 4 aliphatic rings. The van der Waals surface area contributed by atoms with Crippen LogP contribution in [0, 0.1) is 0 Å². The van der Waals surface area contributed by atoms with E-state index in [2.05, 4.69) is 20.7 Å². The van der Waals surface area contributed by atoms with Crippen molar-refractivity contribution < 1.29 is 147 Å². The Kier molecular flexibility index (Phi) is 33.3. The van der Waals surface area contributed by atoms with Gasteiger partial charge in [0.15, 0.2) is 43.3 Å². The number of carbonyl (C=O) groups excluding carboxylic acids is 11. The summed E-state index contributed by atoms with van der Waals surface area (Å²) < 4.78 is 126. The summed E-state index contributed by atoms with van der Waals surface area (Å²) in [7, 11) is 0.851. The van der Waals surface area contributed by atoms with Crippen LogP contribution in [0.4, 0.5) is 0 Å². The molecule has 0 saturated carbocycles. The van der Waals surface area contributed by atoms with Crippen molar-refractivity contribution >= 4 is 65.5 Å². The normalized spacial score (nSPS) is 28.6. The monoisotopic (exact) mass is 1520 g/mol. The Bertz CT molecular complexity index is 3560. The van der Waals surface area contributed by atoms with Crippen molar-refractivity contribution in [3.05, 3.63) is 118 Å². The zero-order chi connectivity index (χ0) is 78.8. The van der Waals surface area contributed by atoms with Gasteiger partial charge < -0.3 is 105 Å². The molecule has 2 N–H and O–H groups in total. The Balaban J connectivity index is 1.49. The van der Waals surface area contributed by atoms with Gasteiger partial charge in [0.2, 0.25) is 11.8 Å². The maximum Gasteiger partial charge on any atom is 0.366 e. The number of ether oxygens (including phenoxy) is 20. The predicted octanol–water partition coefficient (Wildman–Crippen LogP) is 3.83. The zero-order valence-electron chi connectivity index (χ0n) is 61.8. The van der Waals surface area contributed by atoms with E-state index < -0.39 is 220 Å². The summed E-state index contributed by atoms with van der Waals surface area (Å²) in [5.41, 5.74) is 11.4. The summed E-state index contributed by atoms with van der Waals surface area (Å²) in [6, 6.07) is 24.2. The first-order valence-electron chi connectivity index (χ1n) is 34.6. The number of hydrogen-bond acceptors (Lipinski definition) is 32. The van der Waals surface area contributed by atoms with Gasteiger partial charge in [-0.1, -0.05) is 96.1 Å². The number of nitrogens with zero attached hydrogens (tertiary/aromatic N) is 3. The molecule has 36 nitrogen and oxygen atoms in total. The number of carbonyl (C=O) groups is 11. The maximum atomic E-state index is 15.3. The smallest absolute Gasteiger partial charge is 0.366 e. The molecule has 0 aliphatic carbocycles. The number of amides is 2. The van der Waals surface area contributed by atoms with Gasteiger partial charge in [0.1, 0.15) is 86.9 Å². The van der Waals surface area contributed by atoms with Gasteiger partial charge in [-0.15, -0.1) is 0 Å². The highest BCUT2D eigenvalue weighted by Crippen LogP contribution is 2.43. The van der Waals surface area contributed by atoms with E-state index in [0.29, 0.717) is 5.56 Å². The number of azide groups is 1. The molecule has 4 saturated heterocycles. The molecular weight excluding hydrogens is 1430 g/mol. The molecule has 0 bridgehead atoms. The molecule has 21 atom stereocenters. The van der Waals surface area contributed by atoms with Crippen molar-refractivity contribution in [2.45, 2.75) is 237 Å². The quantitative estimate of drug-likeness (QED) is 0.0209. The number of hydrogen-bond donors (Lipinski definition) is 2. The van der Waals surface area contributed by atoms with Crippen molar-refractivity contribution in [1.29, 1.82) is 0 Å². The Morgan fingerprint density at radius 2 is 1.00 bits per heavy atom. The van der Waals surface area contributed by atoms with Crippen LogP contribution in [0.1, 0.15) is 106 Å². The predicted molar refractivity (Wildman–Crippen MR) is 363 cm³/mol. The first-order valence-corrected chi connectivity index (χ1v) is 34.6. The minimum Gasteiger partial charge on any atom is -0.465 e. The number of esters is 9. The molecule has 4 fully saturated rings. The Hall–Kier alpha value is -9.30. The van der Waals surface area contributed by atoms with Crippen LogP contribution in [0.25, 0.3) is 10.4 Å². The van der Waals surface area contributed by atoms with Gasteiger partial charge in [0, 0.05) is 87.3 Å². The van der Waals surface area contributed by atoms with E-state index in [-0.39, 0.29) is 39.4 Å². The highest BCUT2D eigenvalue weighted by molar-refractivity contribution is 5.79. The second-order valence-corrected chi connectivity index (χ2v) is 25.5. The minimum atomic E-state index is -3.22. The van der Waals surface area contributed by atoms with Crippen LogP contribution in [0.15, 0.2) is 96.1 Å². The van der Waals surface area contributed by atoms with Crippen molar-refractivity contribution in [2.24, 2.45) is 5.11 Å². The van der Waals surface area contributed by atoms with Crippen LogP contribution < -0.4 is 10.6 Å². The van der Waals surface area contributed by atoms with Crippen molar-refractivity contribution in [1.82, 2.24) is 10.6 Å². The van der Waals surface area contributed by atoms with Crippen LogP contribution in [0.5, 0.6) is 0 Å². The van der Waals surface area contributed by atoms with Gasteiger partial charge >= 0.3 is 53.7 Å². The highest BCUT2D eigenvalue weighted by Gasteiger charge is 2.65. The van der Waals surface area contributed by atoms with Gasteiger partial charge in [-0.25, -0.2) is 4.79 Å². The summed E-state index contributed by atoms with van der Waals surface area (Å²) in [6.45, 7) is 8.69. The number of benzene rings is 3. The molecule has 108 heavy (non-hydrogen) atoms. The average molecular weight is 1520 g/mol. The lowest BCUT2D eigenvalue weighted by Crippen LogP contribution is -2.72. The highest BCUT2D eigenvalue weighted by atomic mass is 16.8. The molecule has 592 valence electrons. The van der Waals surface area contributed by atoms with Crippen LogP contribution in [-0.2, 0) is 167 Å². The molecule has 0 aromatic heterocycles. The molecule has 0 spiro atoms. The van der Waals surface area contributed by atoms with Gasteiger partial charge in [-0.05, 0) is 35.6 Å². The van der Waals surface area contributed by atoms with Crippen LogP contribution in [-0.4, -0.2) is 234 Å². The Morgan fingerprint density at radius 3 is 1.50 bits per heavy atom. The Morgan fingerprint density at radius 1 is 0.519 bits per heavy atom. The van der Waals surface area contributed by atoms with Crippen LogP contribution in [0.2, 0.25) is 0 Å². The summed E-state index contributed by atoms with van der Waals surface area (Å²) in [4.78, 5) is 151. The molecular formula is C72H93N5O31. The molecule has 3 aromatic carbocycles. The summed E-state index contributed by atoms with van der Waals surface area (Å²) in [5.74, 6) is -14.7. The first kappa shape index (κ1) is 85.9. The van der Waals surface area contributed by atoms with E-state index in [9.17, 15) is 53.5 Å². The van der Waals surface area contributed by atoms with E-state index in [1.807, 2.05) is 78.9 Å². The molecule has 36 heteroatoms. The SMILES string of the molecule is COC(=O)[C@@]1(O[C@H]2[C@@H](OC(C)=O)[C@@H](COC(C)=O)O[C@@H](O[C@H]3[C@H](O[C@@H]4O[C@@H](C)[C@@H](OCc5ccccc5)[C@@H](OCc5ccccc5)[C@@H]4OCc4ccccc4)[C@@H](NC(C)=O)[C@H](OCCCN=[N+]=[N-])O[C@@H]3COC(C)=O)[C@@H]2OC(C)=O)C[C@H](OC(C)=O)[C@@H](NC(C)=O)[C@H]([C@H](OC(C)=O)[C@@H](COC(C)=O)OC(C)=O)O1. The topological polar surface area (TPSA) is 445 Å². The standard InChI is InChI=1S/C72H93N5O31/c1-38-58(94-32-49-23-16-13-17-24-49)64(95-33-50-25-18-14-19-26-50)66(96-34-51-27-20-15-21-28-51)69(97-38)106-62-57(76-40(3)79)68(90-30-22-29-74-77-73)103-54(36-92-42(5)81)59(62)105-70-67(102-48(11)87)65(61(101-47(10)86)55(104-70)37-93-43(6)82)108-72(71(88)89-12)31-52(98-44(7)83)56(75-39(2)78)63(107-72)60(100-46(9)85)53(99-45(8)84)35-91-41(4)80/h13-21,23-28,38,52-70H,22,29-37H2,1-12H3,(H,75,78)(H,76,79)/t38-,52-,53+,54+,55+,56+,57+,58+,59+,60+,61-,62+,63+,64+,65-,66-,67+,68+,69-,70-,72-/m0/s1. The van der Waals surface area contributed by atoms with Crippen molar-refractivity contribution in [3.8, 4) is 0 Å².